The smallest absolute Gasteiger partial charge is 0.277 e. The summed E-state index contributed by atoms with van der Waals surface area (Å²) in [5, 5.41) is 9.79. The molecule has 2 aromatic heterocycles. The lowest BCUT2D eigenvalue weighted by molar-refractivity contribution is -0.127. The molecule has 32 heavy (non-hydrogen) atoms. The van der Waals surface area contributed by atoms with Crippen LogP contribution < -0.4 is 10.2 Å². The number of aromatic nitrogens is 2. The van der Waals surface area contributed by atoms with Gasteiger partial charge in [-0.05, 0) is 61.5 Å². The standard InChI is InChI=1S/C24H25FN4O2S/c1-24(23(31)26-17-6-3-2-4-7-17)15-28-20(14-19(27-28)21-8-5-13-32-21)22(30)29(24)18-11-9-16(25)10-12-18/h5,8-14,17H,2-4,6-7,15H2,1H3,(H,26,31)/t24-/m0/s1. The summed E-state index contributed by atoms with van der Waals surface area (Å²) in [5.74, 6) is -0.919. The highest BCUT2D eigenvalue weighted by Crippen LogP contribution is 2.35. The van der Waals surface area contributed by atoms with Crippen LogP contribution >= 0.6 is 11.3 Å². The first kappa shape index (κ1) is 20.9. The normalized spacial score (nSPS) is 21.4. The zero-order valence-corrected chi connectivity index (χ0v) is 18.7. The Balaban J connectivity index is 1.55. The first-order valence-corrected chi connectivity index (χ1v) is 11.9. The van der Waals surface area contributed by atoms with Crippen molar-refractivity contribution in [1.82, 2.24) is 15.1 Å². The number of carbonyl (C=O) groups excluding carboxylic acids is 2. The highest BCUT2D eigenvalue weighted by Gasteiger charge is 2.49. The van der Waals surface area contributed by atoms with Gasteiger partial charge in [-0.15, -0.1) is 11.3 Å². The number of carbonyl (C=O) groups is 2. The second-order valence-corrected chi connectivity index (χ2v) is 9.70. The Bertz CT molecular complexity index is 1140. The van der Waals surface area contributed by atoms with Gasteiger partial charge in [0.15, 0.2) is 0 Å². The number of nitrogens with one attached hydrogen (secondary N) is 1. The maximum Gasteiger partial charge on any atom is 0.277 e. The predicted molar refractivity (Wildman–Crippen MR) is 122 cm³/mol. The van der Waals surface area contributed by atoms with Gasteiger partial charge in [-0.2, -0.15) is 5.10 Å². The average Bonchev–Trinajstić information content (AvgIpc) is 3.46. The average molecular weight is 453 g/mol. The lowest BCUT2D eigenvalue weighted by Gasteiger charge is -2.44. The largest absolute Gasteiger partial charge is 0.351 e. The third kappa shape index (κ3) is 3.62. The number of rotatable bonds is 4. The van der Waals surface area contributed by atoms with E-state index in [4.69, 9.17) is 0 Å². The highest BCUT2D eigenvalue weighted by atomic mass is 32.1. The first-order chi connectivity index (χ1) is 15.5. The third-order valence-electron chi connectivity index (χ3n) is 6.44. The summed E-state index contributed by atoms with van der Waals surface area (Å²) in [6.45, 7) is 1.98. The molecule has 3 aromatic rings. The van der Waals surface area contributed by atoms with Crippen molar-refractivity contribution in [3.63, 3.8) is 0 Å². The molecule has 1 saturated carbocycles. The Morgan fingerprint density at radius 2 is 1.94 bits per heavy atom. The summed E-state index contributed by atoms with van der Waals surface area (Å²) in [6.07, 6.45) is 5.27. The molecule has 2 amide bonds. The number of nitrogens with zero attached hydrogens (tertiary/aromatic N) is 3. The van der Waals surface area contributed by atoms with Gasteiger partial charge in [-0.25, -0.2) is 4.39 Å². The molecule has 0 spiro atoms. The summed E-state index contributed by atoms with van der Waals surface area (Å²) in [4.78, 5) is 29.8. The molecule has 0 unspecified atom stereocenters. The van der Waals surface area contributed by atoms with Crippen molar-refractivity contribution < 1.29 is 14.0 Å². The molecule has 5 rings (SSSR count). The number of benzene rings is 1. The number of thiophene rings is 1. The molecule has 8 heteroatoms. The number of halogens is 1. The van der Waals surface area contributed by atoms with Gasteiger partial charge < -0.3 is 5.32 Å². The van der Waals surface area contributed by atoms with E-state index in [-0.39, 0.29) is 24.4 Å². The van der Waals surface area contributed by atoms with E-state index in [0.29, 0.717) is 17.1 Å². The van der Waals surface area contributed by atoms with Gasteiger partial charge in [0.05, 0.1) is 11.4 Å². The van der Waals surface area contributed by atoms with Crippen LogP contribution in [0.4, 0.5) is 10.1 Å². The first-order valence-electron chi connectivity index (χ1n) is 11.0. The molecule has 1 aliphatic carbocycles. The number of amides is 2. The van der Waals surface area contributed by atoms with Crippen LogP contribution in [0.25, 0.3) is 10.6 Å². The molecule has 1 atom stereocenters. The maximum atomic E-state index is 13.7. The number of fused-ring (bicyclic) bond motifs is 1. The van der Waals surface area contributed by atoms with Gasteiger partial charge >= 0.3 is 0 Å². The van der Waals surface area contributed by atoms with Crippen LogP contribution in [0.2, 0.25) is 0 Å². The zero-order chi connectivity index (χ0) is 22.3. The Morgan fingerprint density at radius 1 is 1.19 bits per heavy atom. The molecule has 1 aromatic carbocycles. The minimum Gasteiger partial charge on any atom is -0.351 e. The molecular formula is C24H25FN4O2S. The van der Waals surface area contributed by atoms with E-state index in [1.54, 1.807) is 41.1 Å². The van der Waals surface area contributed by atoms with Gasteiger partial charge in [-0.1, -0.05) is 25.3 Å². The van der Waals surface area contributed by atoms with Gasteiger partial charge in [0.1, 0.15) is 22.7 Å². The second kappa shape index (κ2) is 8.16. The highest BCUT2D eigenvalue weighted by molar-refractivity contribution is 7.13. The van der Waals surface area contributed by atoms with Crippen LogP contribution in [-0.4, -0.2) is 33.2 Å². The fraction of sp³-hybridized carbons (Fsp3) is 0.375. The summed E-state index contributed by atoms with van der Waals surface area (Å²) < 4.78 is 15.3. The van der Waals surface area contributed by atoms with E-state index >= 15 is 0 Å². The van der Waals surface area contributed by atoms with Crippen molar-refractivity contribution in [2.24, 2.45) is 0 Å². The molecule has 1 aliphatic heterocycles. The summed E-state index contributed by atoms with van der Waals surface area (Å²) in [5.41, 5.74) is 0.417. The maximum absolute atomic E-state index is 13.7. The summed E-state index contributed by atoms with van der Waals surface area (Å²) >= 11 is 1.55. The minimum absolute atomic E-state index is 0.110. The summed E-state index contributed by atoms with van der Waals surface area (Å²) in [6, 6.07) is 11.5. The van der Waals surface area contributed by atoms with E-state index in [1.165, 1.54) is 23.5 Å². The molecule has 166 valence electrons. The van der Waals surface area contributed by atoms with Crippen LogP contribution in [0.5, 0.6) is 0 Å². The Kier molecular flexibility index (Phi) is 5.33. The SMILES string of the molecule is C[C@@]1(C(=O)NC2CCCCC2)Cn2nc(-c3cccs3)cc2C(=O)N1c1ccc(F)cc1. The lowest BCUT2D eigenvalue weighted by atomic mass is 9.91. The second-order valence-electron chi connectivity index (χ2n) is 8.75. The van der Waals surface area contributed by atoms with Crippen molar-refractivity contribution in [2.45, 2.75) is 57.2 Å². The van der Waals surface area contributed by atoms with Crippen molar-refractivity contribution in [2.75, 3.05) is 4.90 Å². The van der Waals surface area contributed by atoms with Gasteiger partial charge in [0.2, 0.25) is 5.91 Å². The molecule has 6 nitrogen and oxygen atoms in total. The number of anilines is 1. The molecule has 3 heterocycles. The molecule has 1 fully saturated rings. The van der Waals surface area contributed by atoms with E-state index in [9.17, 15) is 14.0 Å². The van der Waals surface area contributed by atoms with Gasteiger partial charge in [0, 0.05) is 11.7 Å². The van der Waals surface area contributed by atoms with E-state index in [2.05, 4.69) is 10.4 Å². The van der Waals surface area contributed by atoms with Crippen LogP contribution in [0.15, 0.2) is 47.8 Å². The Morgan fingerprint density at radius 3 is 2.62 bits per heavy atom. The zero-order valence-electron chi connectivity index (χ0n) is 17.9. The minimum atomic E-state index is -1.20. The van der Waals surface area contributed by atoms with Crippen molar-refractivity contribution in [1.29, 1.82) is 0 Å². The molecule has 0 saturated heterocycles. The Hall–Kier alpha value is -3.00. The monoisotopic (exact) mass is 452 g/mol. The third-order valence-corrected chi connectivity index (χ3v) is 7.33. The van der Waals surface area contributed by atoms with Crippen LogP contribution in [0, 0.1) is 5.82 Å². The van der Waals surface area contributed by atoms with E-state index < -0.39 is 11.4 Å². The van der Waals surface area contributed by atoms with Gasteiger partial charge in [-0.3, -0.25) is 19.2 Å². The Labute approximate surface area is 190 Å². The fourth-order valence-electron chi connectivity index (χ4n) is 4.71. The van der Waals surface area contributed by atoms with Crippen LogP contribution in [0.3, 0.4) is 0 Å². The van der Waals surface area contributed by atoms with Crippen molar-refractivity contribution in [3.05, 3.63) is 59.4 Å². The van der Waals surface area contributed by atoms with Crippen LogP contribution in [-0.2, 0) is 11.3 Å². The molecular weight excluding hydrogens is 427 g/mol. The molecule has 0 bridgehead atoms. The van der Waals surface area contributed by atoms with Gasteiger partial charge in [0.25, 0.3) is 5.91 Å². The van der Waals surface area contributed by atoms with E-state index in [1.807, 2.05) is 17.5 Å². The quantitative estimate of drug-likeness (QED) is 0.628. The molecule has 2 aliphatic rings. The topological polar surface area (TPSA) is 67.2 Å². The van der Waals surface area contributed by atoms with E-state index in [0.717, 1.165) is 30.6 Å². The molecule has 0 radical (unpaired) electrons. The number of hydrogen-bond acceptors (Lipinski definition) is 4. The van der Waals surface area contributed by atoms with Crippen LogP contribution in [0.1, 0.15) is 49.5 Å². The van der Waals surface area contributed by atoms with Crippen molar-refractivity contribution >= 4 is 28.8 Å². The predicted octanol–water partition coefficient (Wildman–Crippen LogP) is 4.62. The molecule has 1 N–H and O–H groups in total. The fourth-order valence-corrected chi connectivity index (χ4v) is 5.39. The summed E-state index contributed by atoms with van der Waals surface area (Å²) in [7, 11) is 0. The van der Waals surface area contributed by atoms with Crippen molar-refractivity contribution in [3.8, 4) is 10.6 Å². The number of hydrogen-bond donors (Lipinski definition) is 1. The lowest BCUT2D eigenvalue weighted by Crippen LogP contribution is -2.65.